The molecule has 25 heavy (non-hydrogen) atoms. The van der Waals surface area contributed by atoms with E-state index in [1.54, 1.807) is 4.90 Å². The lowest BCUT2D eigenvalue weighted by Gasteiger charge is -2.55. The van der Waals surface area contributed by atoms with Crippen molar-refractivity contribution in [1.82, 2.24) is 10.2 Å². The summed E-state index contributed by atoms with van der Waals surface area (Å²) < 4.78 is 39.2. The first kappa shape index (κ1) is 18.1. The quantitative estimate of drug-likeness (QED) is 0.887. The molecule has 1 unspecified atom stereocenters. The molecule has 0 radical (unpaired) electrons. The third-order valence-corrected chi connectivity index (χ3v) is 4.56. The van der Waals surface area contributed by atoms with E-state index in [1.807, 2.05) is 20.8 Å². The molecule has 1 N–H and O–H groups in total. The fraction of sp³-hybridized carbons (Fsp3) is 0.611. The summed E-state index contributed by atoms with van der Waals surface area (Å²) in [5.41, 5.74) is -1.16. The average molecular weight is 354 g/mol. The zero-order valence-electron chi connectivity index (χ0n) is 14.8. The minimum atomic E-state index is -0.635. The van der Waals surface area contributed by atoms with E-state index in [0.29, 0.717) is 26.2 Å². The van der Waals surface area contributed by atoms with Gasteiger partial charge in [-0.25, -0.2) is 13.6 Å². The summed E-state index contributed by atoms with van der Waals surface area (Å²) in [7, 11) is 0. The van der Waals surface area contributed by atoms with Crippen LogP contribution in [-0.2, 0) is 15.9 Å². The number of likely N-dealkylation sites (tertiary alicyclic amines) is 1. The molecule has 1 atom stereocenters. The maximum absolute atomic E-state index is 14.0. The predicted octanol–water partition coefficient (Wildman–Crippen LogP) is 2.49. The predicted molar refractivity (Wildman–Crippen MR) is 88.3 cm³/mol. The number of carbonyl (C=O) groups excluding carboxylic acids is 1. The van der Waals surface area contributed by atoms with Crippen LogP contribution in [0.15, 0.2) is 18.2 Å². The number of amides is 1. The van der Waals surface area contributed by atoms with Gasteiger partial charge < -0.3 is 19.7 Å². The zero-order valence-corrected chi connectivity index (χ0v) is 14.8. The van der Waals surface area contributed by atoms with Crippen molar-refractivity contribution in [2.24, 2.45) is 0 Å². The molecule has 138 valence electrons. The van der Waals surface area contributed by atoms with Gasteiger partial charge in [-0.05, 0) is 39.3 Å². The number of nitrogens with one attached hydrogen (secondary N) is 1. The summed E-state index contributed by atoms with van der Waals surface area (Å²) in [6.07, 6.45) is -0.233. The van der Waals surface area contributed by atoms with E-state index >= 15 is 0 Å². The van der Waals surface area contributed by atoms with Crippen LogP contribution in [-0.4, -0.2) is 54.5 Å². The molecule has 0 bridgehead atoms. The highest BCUT2D eigenvalue weighted by Gasteiger charge is 2.54. The Kier molecular flexibility index (Phi) is 4.72. The van der Waals surface area contributed by atoms with Crippen molar-refractivity contribution in [3.05, 3.63) is 35.4 Å². The van der Waals surface area contributed by atoms with Gasteiger partial charge in [0, 0.05) is 18.2 Å². The molecule has 0 aliphatic carbocycles. The fourth-order valence-electron chi connectivity index (χ4n) is 3.33. The molecule has 3 rings (SSSR count). The smallest absolute Gasteiger partial charge is 0.410 e. The molecule has 1 amide bonds. The standard InChI is InChI=1S/C18H24F2N2O3/c1-17(2,3)25-16(23)22-10-18(11-22)15(21-7-8-24-18)9-12-13(19)5-4-6-14(12)20/h4-6,15,21H,7-11H2,1-3H3. The molecule has 2 aliphatic rings. The summed E-state index contributed by atoms with van der Waals surface area (Å²) in [5.74, 6) is -1.13. The normalized spacial score (nSPS) is 22.6. The van der Waals surface area contributed by atoms with Crippen LogP contribution in [0.4, 0.5) is 13.6 Å². The number of hydrogen-bond donors (Lipinski definition) is 1. The van der Waals surface area contributed by atoms with Crippen molar-refractivity contribution >= 4 is 6.09 Å². The van der Waals surface area contributed by atoms with E-state index in [2.05, 4.69) is 5.32 Å². The Balaban J connectivity index is 1.70. The molecule has 1 aromatic rings. The molecule has 2 heterocycles. The fourth-order valence-corrected chi connectivity index (χ4v) is 3.33. The lowest BCUT2D eigenvalue weighted by molar-refractivity contribution is -0.174. The number of benzene rings is 1. The van der Waals surface area contributed by atoms with Crippen molar-refractivity contribution in [2.45, 2.75) is 44.4 Å². The van der Waals surface area contributed by atoms with Crippen molar-refractivity contribution in [2.75, 3.05) is 26.2 Å². The topological polar surface area (TPSA) is 50.8 Å². The Morgan fingerprint density at radius 1 is 1.36 bits per heavy atom. The van der Waals surface area contributed by atoms with Gasteiger partial charge >= 0.3 is 6.09 Å². The highest BCUT2D eigenvalue weighted by Crippen LogP contribution is 2.34. The Morgan fingerprint density at radius 2 is 2.00 bits per heavy atom. The molecular weight excluding hydrogens is 330 g/mol. The van der Waals surface area contributed by atoms with Crippen LogP contribution >= 0.6 is 0 Å². The van der Waals surface area contributed by atoms with Gasteiger partial charge in [-0.15, -0.1) is 0 Å². The van der Waals surface area contributed by atoms with Crippen LogP contribution in [0, 0.1) is 11.6 Å². The average Bonchev–Trinajstić information content (AvgIpc) is 2.47. The van der Waals surface area contributed by atoms with Crippen LogP contribution in [0.25, 0.3) is 0 Å². The lowest BCUT2D eigenvalue weighted by Crippen LogP contribution is -2.75. The third-order valence-electron chi connectivity index (χ3n) is 4.56. The molecule has 1 spiro atoms. The van der Waals surface area contributed by atoms with Gasteiger partial charge in [-0.1, -0.05) is 6.07 Å². The first-order valence-corrected chi connectivity index (χ1v) is 8.48. The van der Waals surface area contributed by atoms with E-state index in [4.69, 9.17) is 9.47 Å². The van der Waals surface area contributed by atoms with E-state index in [1.165, 1.54) is 18.2 Å². The SMILES string of the molecule is CC(C)(C)OC(=O)N1CC2(C1)OCCNC2Cc1c(F)cccc1F. The second-order valence-electron chi connectivity index (χ2n) is 7.66. The largest absolute Gasteiger partial charge is 0.444 e. The summed E-state index contributed by atoms with van der Waals surface area (Å²) >= 11 is 0. The number of hydrogen-bond acceptors (Lipinski definition) is 4. The van der Waals surface area contributed by atoms with Gasteiger partial charge in [0.25, 0.3) is 0 Å². The Bertz CT molecular complexity index is 634. The summed E-state index contributed by atoms with van der Waals surface area (Å²) in [5, 5.41) is 3.29. The van der Waals surface area contributed by atoms with Crippen LogP contribution < -0.4 is 5.32 Å². The molecule has 7 heteroatoms. The number of carbonyl (C=O) groups is 1. The van der Waals surface area contributed by atoms with Crippen molar-refractivity contribution in [3.63, 3.8) is 0 Å². The Morgan fingerprint density at radius 3 is 2.60 bits per heavy atom. The van der Waals surface area contributed by atoms with E-state index in [0.717, 1.165) is 0 Å². The molecule has 2 aliphatic heterocycles. The third kappa shape index (κ3) is 3.77. The van der Waals surface area contributed by atoms with Crippen molar-refractivity contribution in [1.29, 1.82) is 0 Å². The molecule has 0 saturated carbocycles. The summed E-state index contributed by atoms with van der Waals surface area (Å²) in [4.78, 5) is 13.7. The Hall–Kier alpha value is -1.73. The summed E-state index contributed by atoms with van der Waals surface area (Å²) in [6, 6.07) is 3.58. The Labute approximate surface area is 146 Å². The first-order valence-electron chi connectivity index (χ1n) is 8.48. The van der Waals surface area contributed by atoms with Crippen molar-refractivity contribution < 1.29 is 23.0 Å². The minimum Gasteiger partial charge on any atom is -0.444 e. The highest BCUT2D eigenvalue weighted by molar-refractivity contribution is 5.69. The monoisotopic (exact) mass is 354 g/mol. The van der Waals surface area contributed by atoms with Crippen LogP contribution in [0.5, 0.6) is 0 Å². The molecular formula is C18H24F2N2O3. The van der Waals surface area contributed by atoms with Gasteiger partial charge in [0.15, 0.2) is 0 Å². The van der Waals surface area contributed by atoms with Crippen molar-refractivity contribution in [3.8, 4) is 0 Å². The number of ether oxygens (including phenoxy) is 2. The van der Waals surface area contributed by atoms with E-state index in [9.17, 15) is 13.6 Å². The van der Waals surface area contributed by atoms with Crippen LogP contribution in [0.1, 0.15) is 26.3 Å². The molecule has 5 nitrogen and oxygen atoms in total. The zero-order chi connectivity index (χ0) is 18.2. The van der Waals surface area contributed by atoms with Gasteiger partial charge in [0.1, 0.15) is 22.8 Å². The highest BCUT2D eigenvalue weighted by atomic mass is 19.1. The van der Waals surface area contributed by atoms with Gasteiger partial charge in [-0.2, -0.15) is 0 Å². The number of nitrogens with zero attached hydrogens (tertiary/aromatic N) is 1. The molecule has 1 aromatic carbocycles. The van der Waals surface area contributed by atoms with E-state index in [-0.39, 0.29) is 18.0 Å². The van der Waals surface area contributed by atoms with Crippen LogP contribution in [0.2, 0.25) is 0 Å². The molecule has 2 saturated heterocycles. The second-order valence-corrected chi connectivity index (χ2v) is 7.66. The molecule has 0 aromatic heterocycles. The van der Waals surface area contributed by atoms with Crippen LogP contribution in [0.3, 0.4) is 0 Å². The molecule has 2 fully saturated rings. The second kappa shape index (κ2) is 6.53. The maximum Gasteiger partial charge on any atom is 0.410 e. The van der Waals surface area contributed by atoms with Gasteiger partial charge in [0.05, 0.1) is 19.7 Å². The number of rotatable bonds is 2. The first-order chi connectivity index (χ1) is 11.7. The van der Waals surface area contributed by atoms with Gasteiger partial charge in [-0.3, -0.25) is 0 Å². The minimum absolute atomic E-state index is 0.0422. The summed E-state index contributed by atoms with van der Waals surface area (Å²) in [6.45, 7) is 7.22. The number of halogens is 2. The lowest BCUT2D eigenvalue weighted by atomic mass is 9.81. The van der Waals surface area contributed by atoms with Gasteiger partial charge in [0.2, 0.25) is 0 Å². The maximum atomic E-state index is 14.0. The number of morpholine rings is 1. The van der Waals surface area contributed by atoms with E-state index < -0.39 is 28.9 Å².